The van der Waals surface area contributed by atoms with E-state index in [9.17, 15) is 4.79 Å². The molecular formula is C20H24N2O2. The van der Waals surface area contributed by atoms with Crippen molar-refractivity contribution in [3.05, 3.63) is 59.7 Å². The molecule has 1 heterocycles. The number of amides is 1. The minimum atomic E-state index is 0.0643. The van der Waals surface area contributed by atoms with Crippen molar-refractivity contribution in [1.29, 1.82) is 0 Å². The zero-order valence-corrected chi connectivity index (χ0v) is 13.9. The molecule has 1 aliphatic rings. The van der Waals surface area contributed by atoms with Gasteiger partial charge in [0, 0.05) is 36.6 Å². The first kappa shape index (κ1) is 16.5. The Kier molecular flexibility index (Phi) is 5.49. The van der Waals surface area contributed by atoms with E-state index in [1.807, 2.05) is 47.4 Å². The zero-order chi connectivity index (χ0) is 16.8. The highest BCUT2D eigenvalue weighted by atomic mass is 16.2. The molecule has 3 rings (SSSR count). The number of nitrogens with one attached hydrogen (secondary N) is 1. The van der Waals surface area contributed by atoms with E-state index in [0.29, 0.717) is 0 Å². The van der Waals surface area contributed by atoms with Crippen LogP contribution in [0.2, 0.25) is 0 Å². The molecule has 1 amide bonds. The Morgan fingerprint density at radius 3 is 2.62 bits per heavy atom. The monoisotopic (exact) mass is 324 g/mol. The SMILES string of the molecule is O=C(c1ccc(NCCCCCO)cc1)N1CCc2ccccc21. The van der Waals surface area contributed by atoms with Gasteiger partial charge in [0.1, 0.15) is 0 Å². The summed E-state index contributed by atoms with van der Waals surface area (Å²) in [5.74, 6) is 0.0643. The summed E-state index contributed by atoms with van der Waals surface area (Å²) in [6.45, 7) is 1.90. The molecule has 4 nitrogen and oxygen atoms in total. The lowest BCUT2D eigenvalue weighted by molar-refractivity contribution is 0.0989. The van der Waals surface area contributed by atoms with E-state index >= 15 is 0 Å². The fourth-order valence-electron chi connectivity index (χ4n) is 3.08. The summed E-state index contributed by atoms with van der Waals surface area (Å²) in [6, 6.07) is 15.8. The molecule has 0 fully saturated rings. The number of benzene rings is 2. The van der Waals surface area contributed by atoms with E-state index in [1.54, 1.807) is 0 Å². The van der Waals surface area contributed by atoms with E-state index in [-0.39, 0.29) is 12.5 Å². The lowest BCUT2D eigenvalue weighted by atomic mass is 10.1. The fraction of sp³-hybridized carbons (Fsp3) is 0.350. The molecule has 2 N–H and O–H groups in total. The Balaban J connectivity index is 1.59. The minimum absolute atomic E-state index is 0.0643. The smallest absolute Gasteiger partial charge is 0.258 e. The summed E-state index contributed by atoms with van der Waals surface area (Å²) >= 11 is 0. The van der Waals surface area contributed by atoms with Crippen molar-refractivity contribution in [2.45, 2.75) is 25.7 Å². The maximum absolute atomic E-state index is 12.7. The second-order valence-electron chi connectivity index (χ2n) is 6.12. The summed E-state index contributed by atoms with van der Waals surface area (Å²) in [6.07, 6.45) is 3.84. The predicted octanol–water partition coefficient (Wildman–Crippen LogP) is 3.46. The van der Waals surface area contributed by atoms with Crippen LogP contribution in [0.1, 0.15) is 35.2 Å². The van der Waals surface area contributed by atoms with Gasteiger partial charge in [0.2, 0.25) is 0 Å². The van der Waals surface area contributed by atoms with Crippen LogP contribution in [0.15, 0.2) is 48.5 Å². The van der Waals surface area contributed by atoms with Crippen molar-refractivity contribution >= 4 is 17.3 Å². The number of hydrogen-bond donors (Lipinski definition) is 2. The molecule has 1 aliphatic heterocycles. The number of aliphatic hydroxyl groups excluding tert-OH is 1. The maximum atomic E-state index is 12.7. The fourth-order valence-corrected chi connectivity index (χ4v) is 3.08. The number of hydrogen-bond acceptors (Lipinski definition) is 3. The highest BCUT2D eigenvalue weighted by Gasteiger charge is 2.24. The average molecular weight is 324 g/mol. The van der Waals surface area contributed by atoms with Crippen molar-refractivity contribution in [2.75, 3.05) is 29.9 Å². The van der Waals surface area contributed by atoms with Crippen LogP contribution >= 0.6 is 0 Å². The van der Waals surface area contributed by atoms with Gasteiger partial charge in [0.15, 0.2) is 0 Å². The van der Waals surface area contributed by atoms with Crippen LogP contribution in [-0.4, -0.2) is 30.7 Å². The second-order valence-corrected chi connectivity index (χ2v) is 6.12. The van der Waals surface area contributed by atoms with Gasteiger partial charge in [0.05, 0.1) is 0 Å². The van der Waals surface area contributed by atoms with Gasteiger partial charge in [-0.15, -0.1) is 0 Å². The lowest BCUT2D eigenvalue weighted by Gasteiger charge is -2.17. The summed E-state index contributed by atoms with van der Waals surface area (Å²) in [5.41, 5.74) is 4.02. The van der Waals surface area contributed by atoms with Crippen molar-refractivity contribution in [3.63, 3.8) is 0 Å². The molecule has 0 atom stereocenters. The van der Waals surface area contributed by atoms with E-state index < -0.39 is 0 Å². The number of fused-ring (bicyclic) bond motifs is 1. The number of aliphatic hydroxyl groups is 1. The Labute approximate surface area is 143 Å². The van der Waals surface area contributed by atoms with Gasteiger partial charge < -0.3 is 15.3 Å². The summed E-state index contributed by atoms with van der Waals surface area (Å²) in [7, 11) is 0. The number of para-hydroxylation sites is 1. The quantitative estimate of drug-likeness (QED) is 0.767. The van der Waals surface area contributed by atoms with Gasteiger partial charge >= 0.3 is 0 Å². The molecule has 0 spiro atoms. The number of carbonyl (C=O) groups excluding carboxylic acids is 1. The Bertz CT molecular complexity index is 682. The van der Waals surface area contributed by atoms with Gasteiger partial charge in [-0.05, 0) is 61.6 Å². The molecule has 0 unspecified atom stereocenters. The van der Waals surface area contributed by atoms with E-state index in [2.05, 4.69) is 11.4 Å². The molecule has 24 heavy (non-hydrogen) atoms. The molecule has 0 radical (unpaired) electrons. The van der Waals surface area contributed by atoms with Gasteiger partial charge in [-0.2, -0.15) is 0 Å². The first-order chi connectivity index (χ1) is 11.8. The third-order valence-corrected chi connectivity index (χ3v) is 4.43. The van der Waals surface area contributed by atoms with Gasteiger partial charge in [0.25, 0.3) is 5.91 Å². The molecule has 126 valence electrons. The normalized spacial score (nSPS) is 13.0. The number of carbonyl (C=O) groups is 1. The predicted molar refractivity (Wildman–Crippen MR) is 97.7 cm³/mol. The molecule has 2 aromatic rings. The average Bonchev–Trinajstić information content (AvgIpc) is 3.05. The molecule has 0 aliphatic carbocycles. The molecule has 0 bridgehead atoms. The van der Waals surface area contributed by atoms with E-state index in [1.165, 1.54) is 5.56 Å². The molecule has 4 heteroatoms. The van der Waals surface area contributed by atoms with Crippen LogP contribution in [0, 0.1) is 0 Å². The topological polar surface area (TPSA) is 52.6 Å². The van der Waals surface area contributed by atoms with Crippen molar-refractivity contribution in [2.24, 2.45) is 0 Å². The van der Waals surface area contributed by atoms with Crippen LogP contribution in [0.3, 0.4) is 0 Å². The van der Waals surface area contributed by atoms with Crippen LogP contribution in [0.5, 0.6) is 0 Å². The summed E-state index contributed by atoms with van der Waals surface area (Å²) in [4.78, 5) is 14.6. The molecule has 0 saturated carbocycles. The van der Waals surface area contributed by atoms with Gasteiger partial charge in [-0.25, -0.2) is 0 Å². The van der Waals surface area contributed by atoms with Crippen LogP contribution in [0.4, 0.5) is 11.4 Å². The minimum Gasteiger partial charge on any atom is -0.396 e. The first-order valence-electron chi connectivity index (χ1n) is 8.64. The Morgan fingerprint density at radius 2 is 1.83 bits per heavy atom. The van der Waals surface area contributed by atoms with Crippen LogP contribution in [0.25, 0.3) is 0 Å². The standard InChI is InChI=1S/C20H24N2O2/c23-15-5-1-4-13-21-18-10-8-17(9-11-18)20(24)22-14-12-16-6-2-3-7-19(16)22/h2-3,6-11,21,23H,1,4-5,12-15H2. The number of unbranched alkanes of at least 4 members (excludes halogenated alkanes) is 2. The van der Waals surface area contributed by atoms with Crippen molar-refractivity contribution in [3.8, 4) is 0 Å². The van der Waals surface area contributed by atoms with Gasteiger partial charge in [-0.3, -0.25) is 4.79 Å². The largest absolute Gasteiger partial charge is 0.396 e. The Hall–Kier alpha value is -2.33. The zero-order valence-electron chi connectivity index (χ0n) is 13.9. The second kappa shape index (κ2) is 7.97. The summed E-state index contributed by atoms with van der Waals surface area (Å²) < 4.78 is 0. The van der Waals surface area contributed by atoms with Crippen molar-refractivity contribution in [1.82, 2.24) is 0 Å². The van der Waals surface area contributed by atoms with Crippen LogP contribution < -0.4 is 10.2 Å². The maximum Gasteiger partial charge on any atom is 0.258 e. The van der Waals surface area contributed by atoms with Crippen LogP contribution in [-0.2, 0) is 6.42 Å². The third kappa shape index (κ3) is 3.77. The number of nitrogens with zero attached hydrogens (tertiary/aromatic N) is 1. The highest BCUT2D eigenvalue weighted by molar-refractivity contribution is 6.07. The first-order valence-corrected chi connectivity index (χ1v) is 8.64. The number of anilines is 2. The highest BCUT2D eigenvalue weighted by Crippen LogP contribution is 2.29. The molecule has 0 aromatic heterocycles. The molecule has 2 aromatic carbocycles. The van der Waals surface area contributed by atoms with Gasteiger partial charge in [-0.1, -0.05) is 18.2 Å². The van der Waals surface area contributed by atoms with Crippen molar-refractivity contribution < 1.29 is 9.90 Å². The molecule has 0 saturated heterocycles. The molecular weight excluding hydrogens is 300 g/mol. The number of rotatable bonds is 7. The summed E-state index contributed by atoms with van der Waals surface area (Å²) in [5, 5.41) is 12.1. The Morgan fingerprint density at radius 1 is 1.04 bits per heavy atom. The van der Waals surface area contributed by atoms with E-state index in [0.717, 1.165) is 55.7 Å². The lowest BCUT2D eigenvalue weighted by Crippen LogP contribution is -2.28. The third-order valence-electron chi connectivity index (χ3n) is 4.43. The van der Waals surface area contributed by atoms with E-state index in [4.69, 9.17) is 5.11 Å².